The summed E-state index contributed by atoms with van der Waals surface area (Å²) in [5.74, 6) is 4.20. The quantitative estimate of drug-likeness (QED) is 0.723. The zero-order valence-electron chi connectivity index (χ0n) is 20.1. The molecule has 0 amide bonds. The second kappa shape index (κ2) is 7.86. The summed E-state index contributed by atoms with van der Waals surface area (Å²) in [7, 11) is 0. The number of aromatic nitrogens is 4. The Morgan fingerprint density at radius 3 is 2.70 bits per heavy atom. The molecule has 8 atom stereocenters. The highest BCUT2D eigenvalue weighted by Gasteiger charge is 2.58. The summed E-state index contributed by atoms with van der Waals surface area (Å²) in [5.41, 5.74) is 1.26. The van der Waals surface area contributed by atoms with E-state index in [1.807, 2.05) is 6.07 Å². The SMILES string of the molecule is CC[C@@]1(O)CC[C@H]2[C@@H](CC[C@@H]3[C@@H]2CC[C@]2(C)[C@@H](C(=O)Cn4nc5ccncc5n4)CC[C@@H]32)C1. The maximum Gasteiger partial charge on any atom is 0.159 e. The molecule has 0 unspecified atom stereocenters. The standard InChI is InChI=1S/C27H38N4O2/c1-3-27(33)12-9-18-17(14-27)4-5-20-19(18)8-11-26(2)21(20)6-7-22(26)25(32)16-31-29-23-10-13-28-15-24(23)30-31/h10,13,15,17-22,33H,3-9,11-12,14,16H2,1-2H3/t17-,18-,19+,20+,21-,22+,26-,27+/m0/s1. The van der Waals surface area contributed by atoms with E-state index in [1.165, 1.54) is 38.5 Å². The van der Waals surface area contributed by atoms with E-state index >= 15 is 0 Å². The van der Waals surface area contributed by atoms with Crippen molar-refractivity contribution in [1.29, 1.82) is 0 Å². The number of aliphatic hydroxyl groups is 1. The lowest BCUT2D eigenvalue weighted by Gasteiger charge is -2.57. The van der Waals surface area contributed by atoms with Crippen LogP contribution in [0.3, 0.4) is 0 Å². The second-order valence-electron chi connectivity index (χ2n) is 12.0. The van der Waals surface area contributed by atoms with Gasteiger partial charge in [-0.05, 0) is 105 Å². The van der Waals surface area contributed by atoms with Crippen LogP contribution in [-0.2, 0) is 11.3 Å². The fraction of sp³-hybridized carbons (Fsp3) is 0.778. The number of rotatable bonds is 4. The van der Waals surface area contributed by atoms with Gasteiger partial charge in [0.15, 0.2) is 5.78 Å². The molecule has 178 valence electrons. The Labute approximate surface area is 196 Å². The number of carbonyl (C=O) groups excluding carboxylic acids is 1. The highest BCUT2D eigenvalue weighted by atomic mass is 16.3. The van der Waals surface area contributed by atoms with Crippen molar-refractivity contribution in [2.75, 3.05) is 0 Å². The van der Waals surface area contributed by atoms with Crippen LogP contribution >= 0.6 is 0 Å². The molecule has 0 saturated heterocycles. The van der Waals surface area contributed by atoms with Crippen LogP contribution in [0.1, 0.15) is 78.1 Å². The Bertz CT molecular complexity index is 1020. The minimum Gasteiger partial charge on any atom is -0.390 e. The minimum absolute atomic E-state index is 0.123. The lowest BCUT2D eigenvalue weighted by molar-refractivity contribution is -0.133. The lowest BCUT2D eigenvalue weighted by atomic mass is 9.48. The van der Waals surface area contributed by atoms with E-state index in [-0.39, 0.29) is 17.9 Å². The summed E-state index contributed by atoms with van der Waals surface area (Å²) >= 11 is 0. The second-order valence-corrected chi connectivity index (χ2v) is 12.0. The van der Waals surface area contributed by atoms with Crippen LogP contribution in [-0.4, -0.2) is 36.5 Å². The van der Waals surface area contributed by atoms with Crippen molar-refractivity contribution in [2.45, 2.75) is 90.2 Å². The smallest absolute Gasteiger partial charge is 0.159 e. The number of fused-ring (bicyclic) bond motifs is 6. The number of ketones is 1. The molecule has 4 aliphatic carbocycles. The van der Waals surface area contributed by atoms with Gasteiger partial charge in [-0.3, -0.25) is 9.78 Å². The van der Waals surface area contributed by atoms with E-state index in [2.05, 4.69) is 29.0 Å². The first-order chi connectivity index (χ1) is 15.9. The molecule has 6 rings (SSSR count). The van der Waals surface area contributed by atoms with Crippen LogP contribution in [0.2, 0.25) is 0 Å². The summed E-state index contributed by atoms with van der Waals surface area (Å²) in [6.07, 6.45) is 14.8. The molecule has 2 heterocycles. The molecule has 0 aliphatic heterocycles. The zero-order chi connectivity index (χ0) is 22.8. The fourth-order valence-electron chi connectivity index (χ4n) is 8.94. The number of Topliss-reactive ketones (excluding diaryl/α,β-unsaturated/α-hetero) is 1. The van der Waals surface area contributed by atoms with E-state index in [0.717, 1.165) is 54.5 Å². The normalized spacial score (nSPS) is 42.5. The van der Waals surface area contributed by atoms with Crippen molar-refractivity contribution < 1.29 is 9.90 Å². The van der Waals surface area contributed by atoms with Gasteiger partial charge in [-0.2, -0.15) is 15.0 Å². The third kappa shape index (κ3) is 3.46. The Morgan fingerprint density at radius 1 is 1.06 bits per heavy atom. The number of hydrogen-bond donors (Lipinski definition) is 1. The van der Waals surface area contributed by atoms with Crippen molar-refractivity contribution in [3.8, 4) is 0 Å². The largest absolute Gasteiger partial charge is 0.390 e. The van der Waals surface area contributed by atoms with Crippen LogP contribution in [0.25, 0.3) is 11.0 Å². The Balaban J connectivity index is 1.17. The van der Waals surface area contributed by atoms with Gasteiger partial charge < -0.3 is 5.11 Å². The van der Waals surface area contributed by atoms with Gasteiger partial charge in [-0.15, -0.1) is 0 Å². The summed E-state index contributed by atoms with van der Waals surface area (Å²) in [5, 5.41) is 19.9. The molecule has 0 spiro atoms. The van der Waals surface area contributed by atoms with Crippen LogP contribution in [0.15, 0.2) is 18.5 Å². The van der Waals surface area contributed by atoms with Crippen molar-refractivity contribution in [2.24, 2.45) is 40.9 Å². The molecule has 33 heavy (non-hydrogen) atoms. The molecular formula is C27H38N4O2. The molecule has 0 aromatic carbocycles. The van der Waals surface area contributed by atoms with Crippen molar-refractivity contribution in [3.63, 3.8) is 0 Å². The Morgan fingerprint density at radius 2 is 1.88 bits per heavy atom. The van der Waals surface area contributed by atoms with E-state index in [4.69, 9.17) is 0 Å². The number of carbonyl (C=O) groups is 1. The molecule has 2 aromatic rings. The van der Waals surface area contributed by atoms with Gasteiger partial charge in [0.1, 0.15) is 17.6 Å². The Hall–Kier alpha value is -1.82. The molecule has 4 aliphatic rings. The lowest BCUT2D eigenvalue weighted by Crippen LogP contribution is -2.51. The van der Waals surface area contributed by atoms with E-state index in [9.17, 15) is 9.90 Å². The molecule has 6 nitrogen and oxygen atoms in total. The van der Waals surface area contributed by atoms with Gasteiger partial charge in [0.05, 0.1) is 11.8 Å². The number of pyridine rings is 1. The number of hydrogen-bond acceptors (Lipinski definition) is 5. The summed E-state index contributed by atoms with van der Waals surface area (Å²) in [6, 6.07) is 1.85. The summed E-state index contributed by atoms with van der Waals surface area (Å²) < 4.78 is 0. The number of nitrogens with zero attached hydrogens (tertiary/aromatic N) is 4. The molecule has 1 N–H and O–H groups in total. The Kier molecular flexibility index (Phi) is 5.17. The molecule has 4 saturated carbocycles. The first-order valence-corrected chi connectivity index (χ1v) is 13.3. The zero-order valence-corrected chi connectivity index (χ0v) is 20.1. The average molecular weight is 451 g/mol. The van der Waals surface area contributed by atoms with Crippen LogP contribution in [0.5, 0.6) is 0 Å². The third-order valence-electron chi connectivity index (χ3n) is 10.7. The summed E-state index contributed by atoms with van der Waals surface area (Å²) in [4.78, 5) is 19.2. The van der Waals surface area contributed by atoms with Crippen LogP contribution in [0.4, 0.5) is 0 Å². The van der Waals surface area contributed by atoms with Crippen LogP contribution < -0.4 is 0 Å². The molecule has 0 radical (unpaired) electrons. The molecule has 2 aromatic heterocycles. The average Bonchev–Trinajstić information content (AvgIpc) is 3.38. The van der Waals surface area contributed by atoms with Gasteiger partial charge >= 0.3 is 0 Å². The van der Waals surface area contributed by atoms with Gasteiger partial charge in [0.2, 0.25) is 0 Å². The van der Waals surface area contributed by atoms with Crippen molar-refractivity contribution >= 4 is 16.8 Å². The maximum atomic E-state index is 13.5. The predicted octanol–water partition coefficient (Wildman–Crippen LogP) is 4.81. The minimum atomic E-state index is -0.413. The third-order valence-corrected chi connectivity index (χ3v) is 10.7. The predicted molar refractivity (Wildman–Crippen MR) is 126 cm³/mol. The first-order valence-electron chi connectivity index (χ1n) is 13.3. The molecular weight excluding hydrogens is 412 g/mol. The van der Waals surface area contributed by atoms with Crippen molar-refractivity contribution in [1.82, 2.24) is 20.0 Å². The topological polar surface area (TPSA) is 80.9 Å². The highest BCUT2D eigenvalue weighted by Crippen LogP contribution is 2.64. The first kappa shape index (κ1) is 21.7. The van der Waals surface area contributed by atoms with Gasteiger partial charge in [-0.25, -0.2) is 0 Å². The van der Waals surface area contributed by atoms with E-state index in [1.54, 1.807) is 17.2 Å². The van der Waals surface area contributed by atoms with E-state index < -0.39 is 5.60 Å². The van der Waals surface area contributed by atoms with Crippen molar-refractivity contribution in [3.05, 3.63) is 18.5 Å². The summed E-state index contributed by atoms with van der Waals surface area (Å²) in [6.45, 7) is 4.84. The monoisotopic (exact) mass is 450 g/mol. The fourth-order valence-corrected chi connectivity index (χ4v) is 8.94. The van der Waals surface area contributed by atoms with Gasteiger partial charge in [0, 0.05) is 12.1 Å². The molecule has 0 bridgehead atoms. The van der Waals surface area contributed by atoms with Gasteiger partial charge in [-0.1, -0.05) is 13.8 Å². The van der Waals surface area contributed by atoms with Gasteiger partial charge in [0.25, 0.3) is 0 Å². The maximum absolute atomic E-state index is 13.5. The molecule has 6 heteroatoms. The van der Waals surface area contributed by atoms with E-state index in [0.29, 0.717) is 17.6 Å². The van der Waals surface area contributed by atoms with Crippen LogP contribution in [0, 0.1) is 40.9 Å². The molecule has 4 fully saturated rings. The highest BCUT2D eigenvalue weighted by molar-refractivity contribution is 5.82.